The number of urea groups is 1. The summed E-state index contributed by atoms with van der Waals surface area (Å²) in [6.45, 7) is 6.23. The number of nitrogens with zero attached hydrogens (tertiary/aromatic N) is 1. The Morgan fingerprint density at radius 3 is 2.02 bits per heavy atom. The third kappa shape index (κ3) is 9.32. The van der Waals surface area contributed by atoms with E-state index in [1.54, 1.807) is 0 Å². The molecule has 5 amide bonds. The SMILES string of the molecule is CC1([C@H](NC(=O)NC2(CS(=O)(=O)CC(F)(F)F)CCCCC2)C(=O)N2C[C@H]3[C@@H]([C@H]2C(=O)NC(CC2CC2)C(=O)C(=O)NC2CC2)C3(C)C)CCCCC1. The van der Waals surface area contributed by atoms with Crippen LogP contribution in [0.4, 0.5) is 18.0 Å². The summed E-state index contributed by atoms with van der Waals surface area (Å²) in [6.07, 6.45) is 4.75. The Labute approximate surface area is 310 Å². The van der Waals surface area contributed by atoms with Crippen LogP contribution in [0.15, 0.2) is 0 Å². The van der Waals surface area contributed by atoms with E-state index in [9.17, 15) is 45.6 Å². The molecular weight excluding hydrogens is 715 g/mol. The number of carbonyl (C=O) groups is 5. The van der Waals surface area contributed by atoms with Gasteiger partial charge in [0.1, 0.15) is 17.8 Å². The lowest BCUT2D eigenvalue weighted by atomic mass is 9.70. The van der Waals surface area contributed by atoms with Crippen molar-refractivity contribution in [3.05, 3.63) is 0 Å². The zero-order chi connectivity index (χ0) is 38.6. The van der Waals surface area contributed by atoms with Gasteiger partial charge in [-0.2, -0.15) is 13.2 Å². The highest BCUT2D eigenvalue weighted by atomic mass is 32.2. The van der Waals surface area contributed by atoms with Crippen LogP contribution >= 0.6 is 0 Å². The summed E-state index contributed by atoms with van der Waals surface area (Å²) in [5, 5.41) is 11.2. The number of hydrogen-bond acceptors (Lipinski definition) is 7. The maximum Gasteiger partial charge on any atom is 0.402 e. The summed E-state index contributed by atoms with van der Waals surface area (Å²) in [4.78, 5) is 70.6. The van der Waals surface area contributed by atoms with E-state index in [2.05, 4.69) is 21.3 Å². The predicted molar refractivity (Wildman–Crippen MR) is 189 cm³/mol. The number of likely N-dealkylation sites (tertiary alicyclic amines) is 1. The van der Waals surface area contributed by atoms with E-state index in [4.69, 9.17) is 0 Å². The molecule has 53 heavy (non-hydrogen) atoms. The number of hydrogen-bond donors (Lipinski definition) is 4. The number of halogens is 3. The zero-order valence-corrected chi connectivity index (χ0v) is 31.9. The van der Waals surface area contributed by atoms with Crippen molar-refractivity contribution >= 4 is 39.4 Å². The van der Waals surface area contributed by atoms with Crippen LogP contribution in [-0.4, -0.2) is 96.8 Å². The summed E-state index contributed by atoms with van der Waals surface area (Å²) in [6, 6.07) is -3.94. The van der Waals surface area contributed by atoms with Crippen LogP contribution in [-0.2, 0) is 29.0 Å². The van der Waals surface area contributed by atoms with Gasteiger partial charge in [0.25, 0.3) is 5.91 Å². The number of piperidine rings is 1. The van der Waals surface area contributed by atoms with E-state index < -0.39 is 86.1 Å². The first-order valence-corrected chi connectivity index (χ1v) is 21.4. The maximum atomic E-state index is 14.8. The predicted octanol–water partition coefficient (Wildman–Crippen LogP) is 3.92. The maximum absolute atomic E-state index is 14.8. The van der Waals surface area contributed by atoms with Crippen LogP contribution in [0.1, 0.15) is 117 Å². The molecule has 5 atom stereocenters. The molecular formula is C37H56F3N5O7S. The molecule has 0 radical (unpaired) electrons. The van der Waals surface area contributed by atoms with E-state index in [0.29, 0.717) is 32.1 Å². The van der Waals surface area contributed by atoms with Crippen LogP contribution in [0.5, 0.6) is 0 Å². The molecule has 0 aromatic heterocycles. The van der Waals surface area contributed by atoms with Crippen molar-refractivity contribution in [1.82, 2.24) is 26.2 Å². The first-order chi connectivity index (χ1) is 24.7. The second-order valence-corrected chi connectivity index (χ2v) is 20.0. The molecule has 6 aliphatic rings. The Morgan fingerprint density at radius 1 is 0.849 bits per heavy atom. The van der Waals surface area contributed by atoms with Gasteiger partial charge in [-0.15, -0.1) is 0 Å². The quantitative estimate of drug-likeness (QED) is 0.194. The van der Waals surface area contributed by atoms with Crippen molar-refractivity contribution < 1.29 is 45.6 Å². The third-order valence-corrected chi connectivity index (χ3v) is 14.8. The molecule has 5 aliphatic carbocycles. The molecule has 0 spiro atoms. The Bertz CT molecular complexity index is 1570. The van der Waals surface area contributed by atoms with Gasteiger partial charge in [0.05, 0.1) is 17.3 Å². The summed E-state index contributed by atoms with van der Waals surface area (Å²) in [7, 11) is -4.63. The molecule has 0 aromatic rings. The molecule has 1 unspecified atom stereocenters. The fourth-order valence-electron chi connectivity index (χ4n) is 9.64. The molecule has 1 aliphatic heterocycles. The number of nitrogens with one attached hydrogen (secondary N) is 4. The number of sulfone groups is 1. The van der Waals surface area contributed by atoms with Crippen molar-refractivity contribution in [2.45, 2.75) is 153 Å². The molecule has 0 bridgehead atoms. The lowest BCUT2D eigenvalue weighted by molar-refractivity contribution is -0.146. The van der Waals surface area contributed by atoms with Crippen molar-refractivity contribution in [2.75, 3.05) is 18.1 Å². The second-order valence-electron chi connectivity index (χ2n) is 18.0. The minimum Gasteiger partial charge on any atom is -0.347 e. The smallest absolute Gasteiger partial charge is 0.347 e. The summed E-state index contributed by atoms with van der Waals surface area (Å²) >= 11 is 0. The van der Waals surface area contributed by atoms with Gasteiger partial charge in [0.15, 0.2) is 9.84 Å². The average Bonchev–Trinajstić information content (AvgIpc) is 4.01. The minimum absolute atomic E-state index is 0.00376. The highest BCUT2D eigenvalue weighted by molar-refractivity contribution is 7.91. The van der Waals surface area contributed by atoms with Crippen LogP contribution in [0.2, 0.25) is 0 Å². The monoisotopic (exact) mass is 771 g/mol. The number of rotatable bonds is 14. The molecule has 4 N–H and O–H groups in total. The highest BCUT2D eigenvalue weighted by Crippen LogP contribution is 2.65. The van der Waals surface area contributed by atoms with Crippen LogP contribution in [0, 0.1) is 28.6 Å². The van der Waals surface area contributed by atoms with Gasteiger partial charge in [-0.1, -0.05) is 72.1 Å². The van der Waals surface area contributed by atoms with E-state index in [1.165, 1.54) is 4.90 Å². The van der Waals surface area contributed by atoms with Gasteiger partial charge in [-0.25, -0.2) is 13.2 Å². The van der Waals surface area contributed by atoms with Gasteiger partial charge in [-0.05, 0) is 73.5 Å². The molecule has 5 saturated carbocycles. The van der Waals surface area contributed by atoms with Crippen molar-refractivity contribution in [2.24, 2.45) is 28.6 Å². The fraction of sp³-hybridized carbons (Fsp3) is 0.865. The van der Waals surface area contributed by atoms with Crippen molar-refractivity contribution in [1.29, 1.82) is 0 Å². The van der Waals surface area contributed by atoms with Gasteiger partial charge < -0.3 is 26.2 Å². The number of alkyl halides is 3. The van der Waals surface area contributed by atoms with E-state index in [-0.39, 0.29) is 48.6 Å². The molecule has 1 heterocycles. The molecule has 16 heteroatoms. The largest absolute Gasteiger partial charge is 0.402 e. The second kappa shape index (κ2) is 14.6. The molecule has 298 valence electrons. The third-order valence-electron chi connectivity index (χ3n) is 13.1. The van der Waals surface area contributed by atoms with Gasteiger partial charge in [0, 0.05) is 12.6 Å². The lowest BCUT2D eigenvalue weighted by Gasteiger charge is -2.44. The minimum atomic E-state index is -4.92. The van der Waals surface area contributed by atoms with Crippen molar-refractivity contribution in [3.63, 3.8) is 0 Å². The molecule has 1 saturated heterocycles. The van der Waals surface area contributed by atoms with Crippen LogP contribution in [0.3, 0.4) is 0 Å². The highest BCUT2D eigenvalue weighted by Gasteiger charge is 2.70. The van der Waals surface area contributed by atoms with E-state index >= 15 is 0 Å². The van der Waals surface area contributed by atoms with Crippen molar-refractivity contribution in [3.8, 4) is 0 Å². The average molecular weight is 772 g/mol. The standard InChI is InChI=1S/C37H56F3N5O7S/c1-34(2)24-19-45(27(26(24)34)30(47)42-25(18-22-10-11-22)28(46)31(48)41-23-12-13-23)32(49)29(35(3)14-6-4-7-15-35)43-33(50)44-36(16-8-5-9-17-36)20-53(51,52)21-37(38,39)40/h22-27,29H,4-21H2,1-3H3,(H,41,48)(H,42,47)(H2,43,44,50)/t24-,25?,26-,27-,29+/m0/s1. The lowest BCUT2D eigenvalue weighted by Crippen LogP contribution is -2.64. The normalized spacial score (nSPS) is 28.5. The first kappa shape index (κ1) is 39.8. The zero-order valence-electron chi connectivity index (χ0n) is 31.1. The number of carbonyl (C=O) groups excluding carboxylic acids is 5. The molecule has 0 aromatic carbocycles. The van der Waals surface area contributed by atoms with Crippen LogP contribution < -0.4 is 21.3 Å². The van der Waals surface area contributed by atoms with E-state index in [0.717, 1.165) is 51.4 Å². The summed E-state index contributed by atoms with van der Waals surface area (Å²) < 4.78 is 65.0. The van der Waals surface area contributed by atoms with E-state index in [1.807, 2.05) is 20.8 Å². The fourth-order valence-corrected chi connectivity index (χ4v) is 11.4. The van der Waals surface area contributed by atoms with Gasteiger partial charge in [0.2, 0.25) is 17.6 Å². The first-order valence-electron chi connectivity index (χ1n) is 19.5. The van der Waals surface area contributed by atoms with Crippen LogP contribution in [0.25, 0.3) is 0 Å². The molecule has 6 rings (SSSR count). The number of ketones is 1. The Balaban J connectivity index is 1.23. The topological polar surface area (TPSA) is 171 Å². The summed E-state index contributed by atoms with van der Waals surface area (Å²) in [5.41, 5.74) is -2.41. The number of Topliss-reactive ketones (excluding diaryl/α,β-unsaturated/α-hetero) is 1. The Hall–Kier alpha value is -2.91. The Morgan fingerprint density at radius 2 is 1.45 bits per heavy atom. The summed E-state index contributed by atoms with van der Waals surface area (Å²) in [5.74, 6) is -5.23. The van der Waals surface area contributed by atoms with Gasteiger partial charge in [-0.3, -0.25) is 19.2 Å². The molecule has 12 nitrogen and oxygen atoms in total. The number of fused-ring (bicyclic) bond motifs is 1. The van der Waals surface area contributed by atoms with Gasteiger partial charge >= 0.3 is 12.2 Å². The molecule has 6 fully saturated rings. The number of amides is 5. The Kier molecular flexibility index (Phi) is 11.0.